The van der Waals surface area contributed by atoms with Crippen molar-refractivity contribution in [2.75, 3.05) is 23.8 Å². The molecule has 1 atom stereocenters. The number of H-pyrrole nitrogens is 1. The molecule has 2 rings (SSSR count). The Morgan fingerprint density at radius 3 is 3.00 bits per heavy atom. The fourth-order valence-corrected chi connectivity index (χ4v) is 1.71. The predicted molar refractivity (Wildman–Crippen MR) is 77.6 cm³/mol. The van der Waals surface area contributed by atoms with E-state index in [4.69, 9.17) is 5.73 Å². The second kappa shape index (κ2) is 6.19. The smallest absolute Gasteiger partial charge is 0.138 e. The quantitative estimate of drug-likeness (QED) is 0.736. The van der Waals surface area contributed by atoms with Gasteiger partial charge in [0.1, 0.15) is 18.0 Å². The summed E-state index contributed by atoms with van der Waals surface area (Å²) in [6.07, 6.45) is 6.28. The van der Waals surface area contributed by atoms with Crippen LogP contribution >= 0.6 is 0 Å². The van der Waals surface area contributed by atoms with Gasteiger partial charge >= 0.3 is 0 Å². The summed E-state index contributed by atoms with van der Waals surface area (Å²) in [5.74, 6) is 1.66. The SMILES string of the molecule is CC(N)CCNc1cc(N(C)c2cc[nH]c2)ncn1. The Morgan fingerprint density at radius 2 is 2.32 bits per heavy atom. The van der Waals surface area contributed by atoms with E-state index in [9.17, 15) is 0 Å². The van der Waals surface area contributed by atoms with Crippen molar-refractivity contribution in [1.82, 2.24) is 15.0 Å². The van der Waals surface area contributed by atoms with Gasteiger partial charge in [-0.15, -0.1) is 0 Å². The Balaban J connectivity index is 2.02. The molecule has 102 valence electrons. The molecule has 0 spiro atoms. The van der Waals surface area contributed by atoms with E-state index < -0.39 is 0 Å². The Bertz CT molecular complexity index is 494. The maximum atomic E-state index is 5.71. The average molecular weight is 260 g/mol. The lowest BCUT2D eigenvalue weighted by atomic mass is 10.2. The zero-order valence-corrected chi connectivity index (χ0v) is 11.3. The highest BCUT2D eigenvalue weighted by molar-refractivity contribution is 5.60. The van der Waals surface area contributed by atoms with Crippen LogP contribution in [0.1, 0.15) is 13.3 Å². The van der Waals surface area contributed by atoms with Crippen molar-refractivity contribution in [3.8, 4) is 0 Å². The Hall–Kier alpha value is -2.08. The molecule has 0 bridgehead atoms. The van der Waals surface area contributed by atoms with Crippen LogP contribution in [0.5, 0.6) is 0 Å². The first-order chi connectivity index (χ1) is 9.16. The molecule has 0 aliphatic heterocycles. The van der Waals surface area contributed by atoms with Crippen molar-refractivity contribution in [1.29, 1.82) is 0 Å². The van der Waals surface area contributed by atoms with Crippen LogP contribution in [0.25, 0.3) is 0 Å². The maximum absolute atomic E-state index is 5.71. The molecule has 19 heavy (non-hydrogen) atoms. The number of aromatic amines is 1. The van der Waals surface area contributed by atoms with Crippen LogP contribution < -0.4 is 16.0 Å². The van der Waals surface area contributed by atoms with Crippen molar-refractivity contribution in [2.24, 2.45) is 5.73 Å². The van der Waals surface area contributed by atoms with Crippen molar-refractivity contribution in [3.63, 3.8) is 0 Å². The van der Waals surface area contributed by atoms with Crippen LogP contribution in [0.2, 0.25) is 0 Å². The zero-order valence-electron chi connectivity index (χ0n) is 11.3. The lowest BCUT2D eigenvalue weighted by Crippen LogP contribution is -2.19. The van der Waals surface area contributed by atoms with E-state index in [0.29, 0.717) is 0 Å². The molecule has 4 N–H and O–H groups in total. The minimum atomic E-state index is 0.191. The highest BCUT2D eigenvalue weighted by atomic mass is 15.2. The third kappa shape index (κ3) is 3.69. The number of nitrogens with zero attached hydrogens (tertiary/aromatic N) is 3. The summed E-state index contributed by atoms with van der Waals surface area (Å²) in [6.45, 7) is 2.80. The molecule has 0 amide bonds. The summed E-state index contributed by atoms with van der Waals surface area (Å²) in [6, 6.07) is 4.11. The molecule has 2 heterocycles. The first-order valence-electron chi connectivity index (χ1n) is 6.35. The number of aromatic nitrogens is 3. The number of nitrogens with two attached hydrogens (primary N) is 1. The van der Waals surface area contributed by atoms with Gasteiger partial charge in [-0.25, -0.2) is 9.97 Å². The third-order valence-electron chi connectivity index (χ3n) is 2.87. The Morgan fingerprint density at radius 1 is 1.47 bits per heavy atom. The van der Waals surface area contributed by atoms with E-state index in [2.05, 4.69) is 20.3 Å². The molecule has 2 aromatic rings. The van der Waals surface area contributed by atoms with Gasteiger partial charge in [-0.3, -0.25) is 0 Å². The van der Waals surface area contributed by atoms with Gasteiger partial charge in [0.15, 0.2) is 0 Å². The standard InChI is InChI=1S/C13H20N6/c1-10(14)3-6-16-12-7-13(18-9-17-12)19(2)11-4-5-15-8-11/h4-5,7-10,15H,3,6,14H2,1-2H3,(H,16,17,18). The molecule has 0 fully saturated rings. The van der Waals surface area contributed by atoms with E-state index in [-0.39, 0.29) is 6.04 Å². The number of nitrogens with one attached hydrogen (secondary N) is 2. The molecule has 6 heteroatoms. The second-order valence-corrected chi connectivity index (χ2v) is 4.58. The molecule has 0 radical (unpaired) electrons. The third-order valence-corrected chi connectivity index (χ3v) is 2.87. The molecule has 0 aromatic carbocycles. The Kier molecular flexibility index (Phi) is 4.35. The largest absolute Gasteiger partial charge is 0.370 e. The van der Waals surface area contributed by atoms with Gasteiger partial charge in [0.05, 0.1) is 5.69 Å². The van der Waals surface area contributed by atoms with Gasteiger partial charge < -0.3 is 20.9 Å². The molecular weight excluding hydrogens is 240 g/mol. The van der Waals surface area contributed by atoms with Crippen LogP contribution in [-0.2, 0) is 0 Å². The number of hydrogen-bond donors (Lipinski definition) is 3. The minimum absolute atomic E-state index is 0.191. The lowest BCUT2D eigenvalue weighted by molar-refractivity contribution is 0.689. The summed E-state index contributed by atoms with van der Waals surface area (Å²) in [4.78, 5) is 13.5. The molecule has 6 nitrogen and oxygen atoms in total. The molecule has 0 saturated heterocycles. The summed E-state index contributed by atoms with van der Waals surface area (Å²) < 4.78 is 0. The normalized spacial score (nSPS) is 12.2. The first-order valence-corrected chi connectivity index (χ1v) is 6.35. The van der Waals surface area contributed by atoms with Gasteiger partial charge in [-0.2, -0.15) is 0 Å². The average Bonchev–Trinajstić information content (AvgIpc) is 2.91. The van der Waals surface area contributed by atoms with E-state index in [0.717, 1.165) is 30.3 Å². The fourth-order valence-electron chi connectivity index (χ4n) is 1.71. The van der Waals surface area contributed by atoms with Gasteiger partial charge in [0, 0.05) is 38.1 Å². The molecule has 1 unspecified atom stereocenters. The number of hydrogen-bond acceptors (Lipinski definition) is 5. The van der Waals surface area contributed by atoms with Crippen molar-refractivity contribution in [3.05, 3.63) is 30.9 Å². The molecule has 2 aromatic heterocycles. The topological polar surface area (TPSA) is 82.9 Å². The van der Waals surface area contributed by atoms with Crippen LogP contribution in [0.4, 0.5) is 17.3 Å². The van der Waals surface area contributed by atoms with E-state index in [1.54, 1.807) is 6.33 Å². The lowest BCUT2D eigenvalue weighted by Gasteiger charge is -2.17. The number of anilines is 3. The number of rotatable bonds is 6. The van der Waals surface area contributed by atoms with Gasteiger partial charge in [0.25, 0.3) is 0 Å². The zero-order chi connectivity index (χ0) is 13.7. The fraction of sp³-hybridized carbons (Fsp3) is 0.385. The van der Waals surface area contributed by atoms with Crippen LogP contribution in [0, 0.1) is 0 Å². The summed E-state index contributed by atoms with van der Waals surface area (Å²) in [5, 5.41) is 3.25. The maximum Gasteiger partial charge on any atom is 0.138 e. The van der Waals surface area contributed by atoms with Gasteiger partial charge in [-0.1, -0.05) is 0 Å². The van der Waals surface area contributed by atoms with Crippen LogP contribution in [-0.4, -0.2) is 34.6 Å². The molecule has 0 aliphatic carbocycles. The summed E-state index contributed by atoms with van der Waals surface area (Å²) in [7, 11) is 1.97. The highest BCUT2D eigenvalue weighted by Crippen LogP contribution is 2.21. The molecule has 0 aliphatic rings. The van der Waals surface area contributed by atoms with E-state index >= 15 is 0 Å². The predicted octanol–water partition coefficient (Wildman–Crippen LogP) is 1.72. The van der Waals surface area contributed by atoms with Crippen molar-refractivity contribution in [2.45, 2.75) is 19.4 Å². The summed E-state index contributed by atoms with van der Waals surface area (Å²) in [5.41, 5.74) is 6.77. The molecule has 0 saturated carbocycles. The monoisotopic (exact) mass is 260 g/mol. The van der Waals surface area contributed by atoms with Gasteiger partial charge in [0.2, 0.25) is 0 Å². The van der Waals surface area contributed by atoms with Gasteiger partial charge in [-0.05, 0) is 19.4 Å². The van der Waals surface area contributed by atoms with Crippen LogP contribution in [0.15, 0.2) is 30.9 Å². The van der Waals surface area contributed by atoms with Crippen molar-refractivity contribution >= 4 is 17.3 Å². The second-order valence-electron chi connectivity index (χ2n) is 4.58. The van der Waals surface area contributed by atoms with E-state index in [1.165, 1.54) is 0 Å². The van der Waals surface area contributed by atoms with E-state index in [1.807, 2.05) is 43.4 Å². The summed E-state index contributed by atoms with van der Waals surface area (Å²) >= 11 is 0. The van der Waals surface area contributed by atoms with Crippen molar-refractivity contribution < 1.29 is 0 Å². The van der Waals surface area contributed by atoms with Crippen LogP contribution in [0.3, 0.4) is 0 Å². The highest BCUT2D eigenvalue weighted by Gasteiger charge is 2.07. The molecular formula is C13H20N6. The Labute approximate surface area is 113 Å². The minimum Gasteiger partial charge on any atom is -0.370 e. The first kappa shape index (κ1) is 13.4.